The zero-order chi connectivity index (χ0) is 19.4. The van der Waals surface area contributed by atoms with Gasteiger partial charge in [0, 0.05) is 17.3 Å². The van der Waals surface area contributed by atoms with Gasteiger partial charge in [-0.15, -0.1) is 0 Å². The summed E-state index contributed by atoms with van der Waals surface area (Å²) in [5, 5.41) is 7.57. The molecule has 7 nitrogen and oxygen atoms in total. The van der Waals surface area contributed by atoms with Crippen molar-refractivity contribution in [2.24, 2.45) is 0 Å². The number of carbonyl (C=O) groups excluding carboxylic acids is 1. The lowest BCUT2D eigenvalue weighted by atomic mass is 10.0. The van der Waals surface area contributed by atoms with Crippen LogP contribution in [0.25, 0.3) is 22.2 Å². The first kappa shape index (κ1) is 16.9. The van der Waals surface area contributed by atoms with Crippen LogP contribution in [0.15, 0.2) is 33.2 Å². The molecule has 3 aromatic heterocycles. The molecule has 7 heteroatoms. The maximum absolute atomic E-state index is 13.1. The molecule has 0 saturated heterocycles. The summed E-state index contributed by atoms with van der Waals surface area (Å²) in [5.41, 5.74) is 4.48. The molecule has 1 aliphatic rings. The van der Waals surface area contributed by atoms with E-state index >= 15 is 0 Å². The van der Waals surface area contributed by atoms with Gasteiger partial charge in [0.05, 0.1) is 16.6 Å². The number of nitrogens with one attached hydrogen (secondary N) is 1. The van der Waals surface area contributed by atoms with Crippen LogP contribution in [0.4, 0.5) is 5.69 Å². The Hall–Kier alpha value is -3.22. The summed E-state index contributed by atoms with van der Waals surface area (Å²) < 4.78 is 11.1. The third-order valence-corrected chi connectivity index (χ3v) is 5.06. The Bertz CT molecular complexity index is 1220. The minimum Gasteiger partial charge on any atom is -0.440 e. The Labute approximate surface area is 161 Å². The van der Waals surface area contributed by atoms with E-state index in [-0.39, 0.29) is 11.8 Å². The second-order valence-electron chi connectivity index (χ2n) is 7.66. The number of anilines is 1. The van der Waals surface area contributed by atoms with Crippen LogP contribution in [0, 0.1) is 6.92 Å². The first-order chi connectivity index (χ1) is 13.5. The van der Waals surface area contributed by atoms with E-state index in [9.17, 15) is 4.79 Å². The molecule has 1 amide bonds. The second kappa shape index (κ2) is 6.15. The Kier molecular flexibility index (Phi) is 3.72. The molecule has 0 aliphatic heterocycles. The lowest BCUT2D eigenvalue weighted by Crippen LogP contribution is -2.13. The summed E-state index contributed by atoms with van der Waals surface area (Å²) in [6.07, 6.45) is 2.26. The van der Waals surface area contributed by atoms with Crippen LogP contribution in [0.5, 0.6) is 0 Å². The largest absolute Gasteiger partial charge is 0.440 e. The van der Waals surface area contributed by atoms with Crippen molar-refractivity contribution in [3.8, 4) is 0 Å². The molecule has 0 radical (unpaired) electrons. The molecule has 0 unspecified atom stereocenters. The van der Waals surface area contributed by atoms with Crippen LogP contribution >= 0.6 is 0 Å². The highest BCUT2D eigenvalue weighted by Crippen LogP contribution is 2.40. The number of hydrogen-bond acceptors (Lipinski definition) is 6. The Balaban J connectivity index is 1.51. The number of oxazole rings is 1. The van der Waals surface area contributed by atoms with Crippen molar-refractivity contribution < 1.29 is 13.7 Å². The van der Waals surface area contributed by atoms with Crippen LogP contribution in [0.3, 0.4) is 0 Å². The van der Waals surface area contributed by atoms with Crippen LogP contribution in [-0.4, -0.2) is 21.0 Å². The zero-order valence-electron chi connectivity index (χ0n) is 15.9. The molecule has 3 heterocycles. The number of nitrogens with zero attached hydrogens (tertiary/aromatic N) is 3. The smallest absolute Gasteiger partial charge is 0.259 e. The highest BCUT2D eigenvalue weighted by atomic mass is 16.5. The van der Waals surface area contributed by atoms with Crippen molar-refractivity contribution in [1.29, 1.82) is 0 Å². The minimum atomic E-state index is -0.231. The van der Waals surface area contributed by atoms with Crippen molar-refractivity contribution in [3.63, 3.8) is 0 Å². The van der Waals surface area contributed by atoms with E-state index < -0.39 is 0 Å². The Morgan fingerprint density at radius 1 is 1.21 bits per heavy atom. The maximum atomic E-state index is 13.1. The summed E-state index contributed by atoms with van der Waals surface area (Å²) in [7, 11) is 0. The molecule has 4 aromatic rings. The first-order valence-corrected chi connectivity index (χ1v) is 9.48. The van der Waals surface area contributed by atoms with Crippen LogP contribution < -0.4 is 5.32 Å². The Morgan fingerprint density at radius 3 is 2.79 bits per heavy atom. The van der Waals surface area contributed by atoms with Gasteiger partial charge in [-0.1, -0.05) is 19.0 Å². The number of fused-ring (bicyclic) bond motifs is 2. The topological polar surface area (TPSA) is 94.0 Å². The molecule has 1 saturated carbocycles. The predicted octanol–water partition coefficient (Wildman–Crippen LogP) is 4.93. The summed E-state index contributed by atoms with van der Waals surface area (Å²) in [6.45, 7) is 5.85. The van der Waals surface area contributed by atoms with Crippen molar-refractivity contribution in [3.05, 3.63) is 47.1 Å². The van der Waals surface area contributed by atoms with Gasteiger partial charge in [0.2, 0.25) is 0 Å². The van der Waals surface area contributed by atoms with Crippen molar-refractivity contribution in [2.45, 2.75) is 45.4 Å². The fourth-order valence-electron chi connectivity index (χ4n) is 3.31. The summed E-state index contributed by atoms with van der Waals surface area (Å²) in [5.74, 6) is 1.16. The lowest BCUT2D eigenvalue weighted by Gasteiger charge is -2.09. The highest BCUT2D eigenvalue weighted by Gasteiger charge is 2.29. The van der Waals surface area contributed by atoms with Gasteiger partial charge < -0.3 is 14.3 Å². The fourth-order valence-corrected chi connectivity index (χ4v) is 3.31. The number of benzene rings is 1. The van der Waals surface area contributed by atoms with Gasteiger partial charge in [-0.2, -0.15) is 0 Å². The van der Waals surface area contributed by atoms with Gasteiger partial charge in [-0.05, 0) is 49.9 Å². The van der Waals surface area contributed by atoms with Gasteiger partial charge in [0.25, 0.3) is 11.6 Å². The SMILES string of the molecule is Cc1noc2nc(C(C)C)cc(C(=O)Nc3ccc4oc(C5CC5)nc4c3)c12. The molecule has 1 aliphatic carbocycles. The monoisotopic (exact) mass is 376 g/mol. The average Bonchev–Trinajstić information content (AvgIpc) is 3.34. The molecular formula is C21H20N4O3. The van der Waals surface area contributed by atoms with E-state index in [1.807, 2.05) is 38.1 Å². The normalized spacial score (nSPS) is 14.3. The summed E-state index contributed by atoms with van der Waals surface area (Å²) in [4.78, 5) is 22.1. The molecule has 142 valence electrons. The van der Waals surface area contributed by atoms with Crippen LogP contribution in [0.1, 0.15) is 66.2 Å². The average molecular weight is 376 g/mol. The first-order valence-electron chi connectivity index (χ1n) is 9.48. The number of pyridine rings is 1. The molecule has 28 heavy (non-hydrogen) atoms. The second-order valence-corrected chi connectivity index (χ2v) is 7.66. The molecule has 0 atom stereocenters. The van der Waals surface area contributed by atoms with Gasteiger partial charge in [0.1, 0.15) is 5.52 Å². The maximum Gasteiger partial charge on any atom is 0.259 e. The van der Waals surface area contributed by atoms with E-state index in [0.29, 0.717) is 34.0 Å². The molecule has 1 N–H and O–H groups in total. The van der Waals surface area contributed by atoms with Crippen molar-refractivity contribution in [2.75, 3.05) is 5.32 Å². The van der Waals surface area contributed by atoms with E-state index in [2.05, 4.69) is 20.4 Å². The van der Waals surface area contributed by atoms with Gasteiger partial charge in [-0.25, -0.2) is 9.97 Å². The minimum absolute atomic E-state index is 0.161. The molecule has 1 fully saturated rings. The molecular weight excluding hydrogens is 356 g/mol. The van der Waals surface area contributed by atoms with Crippen molar-refractivity contribution >= 4 is 33.8 Å². The van der Waals surface area contributed by atoms with Crippen molar-refractivity contribution in [1.82, 2.24) is 15.1 Å². The Morgan fingerprint density at radius 2 is 2.04 bits per heavy atom. The molecule has 5 rings (SSSR count). The molecule has 0 bridgehead atoms. The highest BCUT2D eigenvalue weighted by molar-refractivity contribution is 6.12. The lowest BCUT2D eigenvalue weighted by molar-refractivity contribution is 0.102. The zero-order valence-corrected chi connectivity index (χ0v) is 15.9. The predicted molar refractivity (Wildman–Crippen MR) is 105 cm³/mol. The number of amides is 1. The number of rotatable bonds is 4. The van der Waals surface area contributed by atoms with E-state index in [4.69, 9.17) is 8.94 Å². The third kappa shape index (κ3) is 2.83. The summed E-state index contributed by atoms with van der Waals surface area (Å²) in [6, 6.07) is 7.32. The summed E-state index contributed by atoms with van der Waals surface area (Å²) >= 11 is 0. The van der Waals surface area contributed by atoms with Gasteiger partial charge in [-0.3, -0.25) is 4.79 Å². The number of carbonyl (C=O) groups is 1. The third-order valence-electron chi connectivity index (χ3n) is 5.06. The number of aromatic nitrogens is 3. The molecule has 1 aromatic carbocycles. The fraction of sp³-hybridized carbons (Fsp3) is 0.333. The van der Waals surface area contributed by atoms with Gasteiger partial charge in [0.15, 0.2) is 11.5 Å². The number of aryl methyl sites for hydroxylation is 1. The van der Waals surface area contributed by atoms with Crippen LogP contribution in [0.2, 0.25) is 0 Å². The van der Waals surface area contributed by atoms with E-state index in [1.54, 1.807) is 6.92 Å². The van der Waals surface area contributed by atoms with E-state index in [0.717, 1.165) is 35.5 Å². The van der Waals surface area contributed by atoms with E-state index in [1.165, 1.54) is 0 Å². The van der Waals surface area contributed by atoms with Gasteiger partial charge >= 0.3 is 0 Å². The number of hydrogen-bond donors (Lipinski definition) is 1. The quantitative estimate of drug-likeness (QED) is 0.543. The van der Waals surface area contributed by atoms with Crippen LogP contribution in [-0.2, 0) is 0 Å². The standard InChI is InChI=1S/C21H20N4O3/c1-10(2)15-9-14(18-11(3)25-28-21(18)23-15)19(26)22-13-6-7-17-16(8-13)24-20(27-17)12-4-5-12/h6-10,12H,4-5H2,1-3H3,(H,22,26). The molecule has 0 spiro atoms.